The number of nitrogens with one attached hydrogen (secondary N) is 1. The molecule has 0 aliphatic rings. The summed E-state index contributed by atoms with van der Waals surface area (Å²) >= 11 is 0. The molecule has 0 bridgehead atoms. The first-order chi connectivity index (χ1) is 13.7. The highest BCUT2D eigenvalue weighted by molar-refractivity contribution is 5.94. The van der Waals surface area contributed by atoms with Crippen molar-refractivity contribution >= 4 is 22.6 Å². The third kappa shape index (κ3) is 3.76. The van der Waals surface area contributed by atoms with Gasteiger partial charge in [-0.1, -0.05) is 67.6 Å². The van der Waals surface area contributed by atoms with Crippen molar-refractivity contribution in [2.45, 2.75) is 19.8 Å². The van der Waals surface area contributed by atoms with Gasteiger partial charge in [-0.05, 0) is 24.6 Å². The van der Waals surface area contributed by atoms with Gasteiger partial charge in [0.05, 0.1) is 22.4 Å². The van der Waals surface area contributed by atoms with E-state index in [0.29, 0.717) is 6.42 Å². The summed E-state index contributed by atoms with van der Waals surface area (Å²) in [7, 11) is 0. The van der Waals surface area contributed by atoms with E-state index in [1.54, 1.807) is 0 Å². The molecule has 0 aliphatic heterocycles. The van der Waals surface area contributed by atoms with Crippen molar-refractivity contribution in [1.29, 1.82) is 0 Å². The Kier molecular flexibility index (Phi) is 5.11. The van der Waals surface area contributed by atoms with Gasteiger partial charge < -0.3 is 5.32 Å². The van der Waals surface area contributed by atoms with Gasteiger partial charge in [0.1, 0.15) is 0 Å². The zero-order valence-electron chi connectivity index (χ0n) is 15.7. The Morgan fingerprint density at radius 3 is 1.93 bits per heavy atom. The largest absolute Gasteiger partial charge is 0.326 e. The molecule has 0 atom stereocenters. The topological polar surface area (TPSA) is 54.9 Å². The molecule has 4 nitrogen and oxygen atoms in total. The minimum atomic E-state index is 0.0130. The van der Waals surface area contributed by atoms with Crippen LogP contribution in [0.4, 0.5) is 5.69 Å². The summed E-state index contributed by atoms with van der Waals surface area (Å²) < 4.78 is 0. The number of nitrogens with zero attached hydrogens (tertiary/aromatic N) is 2. The molecule has 0 spiro atoms. The number of aromatic nitrogens is 2. The lowest BCUT2D eigenvalue weighted by molar-refractivity contribution is -0.116. The summed E-state index contributed by atoms with van der Waals surface area (Å²) in [5, 5.41) is 2.93. The maximum Gasteiger partial charge on any atom is 0.224 e. The van der Waals surface area contributed by atoms with Crippen LogP contribution < -0.4 is 5.32 Å². The molecule has 4 heteroatoms. The fourth-order valence-electron chi connectivity index (χ4n) is 3.18. The first kappa shape index (κ1) is 17.9. The third-order valence-electron chi connectivity index (χ3n) is 4.52. The molecule has 1 aromatic heterocycles. The lowest BCUT2D eigenvalue weighted by atomic mass is 10.0. The minimum Gasteiger partial charge on any atom is -0.326 e. The Morgan fingerprint density at radius 1 is 0.786 bits per heavy atom. The third-order valence-corrected chi connectivity index (χ3v) is 4.52. The van der Waals surface area contributed by atoms with Gasteiger partial charge in [0.15, 0.2) is 0 Å². The highest BCUT2D eigenvalue weighted by Gasteiger charge is 2.13. The lowest BCUT2D eigenvalue weighted by Crippen LogP contribution is -2.10. The van der Waals surface area contributed by atoms with Crippen LogP contribution in [-0.4, -0.2) is 15.9 Å². The molecule has 3 aromatic carbocycles. The molecule has 0 aliphatic carbocycles. The van der Waals surface area contributed by atoms with E-state index in [0.717, 1.165) is 45.7 Å². The Morgan fingerprint density at radius 2 is 1.36 bits per heavy atom. The number of rotatable bonds is 5. The van der Waals surface area contributed by atoms with Gasteiger partial charge in [-0.15, -0.1) is 0 Å². The summed E-state index contributed by atoms with van der Waals surface area (Å²) in [4.78, 5) is 21.8. The molecule has 1 amide bonds. The van der Waals surface area contributed by atoms with Crippen molar-refractivity contribution in [2.24, 2.45) is 0 Å². The van der Waals surface area contributed by atoms with E-state index in [1.807, 2.05) is 85.8 Å². The van der Waals surface area contributed by atoms with Crippen molar-refractivity contribution in [2.75, 3.05) is 5.32 Å². The van der Waals surface area contributed by atoms with E-state index in [1.165, 1.54) is 0 Å². The Bertz CT molecular complexity index is 1110. The Hall–Kier alpha value is -3.53. The summed E-state index contributed by atoms with van der Waals surface area (Å²) in [6, 6.07) is 25.8. The second kappa shape index (κ2) is 8.01. The molecule has 0 fully saturated rings. The van der Waals surface area contributed by atoms with Crippen molar-refractivity contribution in [3.05, 3.63) is 78.9 Å². The van der Waals surface area contributed by atoms with Crippen LogP contribution in [0.25, 0.3) is 33.5 Å². The fraction of sp³-hybridized carbons (Fsp3) is 0.125. The van der Waals surface area contributed by atoms with E-state index in [-0.39, 0.29) is 5.91 Å². The van der Waals surface area contributed by atoms with Gasteiger partial charge in [0.2, 0.25) is 5.91 Å². The van der Waals surface area contributed by atoms with Crippen LogP contribution in [0.15, 0.2) is 78.9 Å². The number of fused-ring (bicyclic) bond motifs is 1. The van der Waals surface area contributed by atoms with E-state index in [9.17, 15) is 4.79 Å². The van der Waals surface area contributed by atoms with Gasteiger partial charge >= 0.3 is 0 Å². The maximum atomic E-state index is 11.9. The maximum absolute atomic E-state index is 11.9. The van der Waals surface area contributed by atoms with E-state index in [4.69, 9.17) is 9.97 Å². The number of hydrogen-bond acceptors (Lipinski definition) is 3. The smallest absolute Gasteiger partial charge is 0.224 e. The molecule has 4 rings (SSSR count). The number of benzene rings is 3. The molecule has 0 unspecified atom stereocenters. The second-order valence-electron chi connectivity index (χ2n) is 6.65. The monoisotopic (exact) mass is 367 g/mol. The summed E-state index contributed by atoms with van der Waals surface area (Å²) in [6.45, 7) is 1.99. The second-order valence-corrected chi connectivity index (χ2v) is 6.65. The number of hydrogen-bond donors (Lipinski definition) is 1. The van der Waals surface area contributed by atoms with Gasteiger partial charge in [0.25, 0.3) is 0 Å². The molecular weight excluding hydrogens is 346 g/mol. The minimum absolute atomic E-state index is 0.0130. The van der Waals surface area contributed by atoms with Gasteiger partial charge in [-0.2, -0.15) is 0 Å². The van der Waals surface area contributed by atoms with E-state index in [2.05, 4.69) is 5.32 Å². The van der Waals surface area contributed by atoms with Crippen LogP contribution in [0, 0.1) is 0 Å². The number of anilines is 1. The molecule has 0 saturated carbocycles. The van der Waals surface area contributed by atoms with Crippen LogP contribution in [0.2, 0.25) is 0 Å². The normalized spacial score (nSPS) is 10.8. The highest BCUT2D eigenvalue weighted by atomic mass is 16.1. The Labute approximate surface area is 164 Å². The van der Waals surface area contributed by atoms with Crippen molar-refractivity contribution in [3.63, 3.8) is 0 Å². The molecule has 28 heavy (non-hydrogen) atoms. The first-order valence-electron chi connectivity index (χ1n) is 9.47. The molecule has 1 N–H and O–H groups in total. The van der Waals surface area contributed by atoms with Crippen LogP contribution in [0.1, 0.15) is 19.8 Å². The summed E-state index contributed by atoms with van der Waals surface area (Å²) in [5.41, 5.74) is 6.01. The molecule has 0 radical (unpaired) electrons. The van der Waals surface area contributed by atoms with Gasteiger partial charge in [-0.3, -0.25) is 4.79 Å². The van der Waals surface area contributed by atoms with Crippen LogP contribution in [-0.2, 0) is 4.79 Å². The Balaban J connectivity index is 1.85. The highest BCUT2D eigenvalue weighted by Crippen LogP contribution is 2.31. The summed E-state index contributed by atoms with van der Waals surface area (Å²) in [5.74, 6) is 0.0130. The number of carbonyl (C=O) groups excluding carboxylic acids is 1. The zero-order chi connectivity index (χ0) is 19.3. The fourth-order valence-corrected chi connectivity index (χ4v) is 3.18. The predicted octanol–water partition coefficient (Wildman–Crippen LogP) is 5.70. The summed E-state index contributed by atoms with van der Waals surface area (Å²) in [6.07, 6.45) is 1.32. The van der Waals surface area contributed by atoms with E-state index >= 15 is 0 Å². The van der Waals surface area contributed by atoms with E-state index < -0.39 is 0 Å². The molecule has 138 valence electrons. The molecule has 0 saturated heterocycles. The average Bonchev–Trinajstić information content (AvgIpc) is 2.74. The average molecular weight is 367 g/mol. The van der Waals surface area contributed by atoms with Gasteiger partial charge in [-0.25, -0.2) is 9.97 Å². The van der Waals surface area contributed by atoms with Crippen molar-refractivity contribution in [3.8, 4) is 22.5 Å². The van der Waals surface area contributed by atoms with Gasteiger partial charge in [0, 0.05) is 23.2 Å². The molecule has 4 aromatic rings. The van der Waals surface area contributed by atoms with Crippen LogP contribution in [0.3, 0.4) is 0 Å². The van der Waals surface area contributed by atoms with Crippen molar-refractivity contribution in [1.82, 2.24) is 9.97 Å². The van der Waals surface area contributed by atoms with Crippen molar-refractivity contribution < 1.29 is 4.79 Å². The molecular formula is C24H21N3O. The molecule has 1 heterocycles. The lowest BCUT2D eigenvalue weighted by Gasteiger charge is -2.12. The SMILES string of the molecule is CCCC(=O)Nc1ccc2nc(-c3ccccc3)c(-c3ccccc3)nc2c1. The van der Waals surface area contributed by atoms with Crippen LogP contribution in [0.5, 0.6) is 0 Å². The standard InChI is InChI=1S/C24H21N3O/c1-2-9-22(28)25-19-14-15-20-21(16-19)27-24(18-12-7-4-8-13-18)23(26-20)17-10-5-3-6-11-17/h3-8,10-16H,2,9H2,1H3,(H,25,28). The number of amides is 1. The zero-order valence-corrected chi connectivity index (χ0v) is 15.7. The first-order valence-corrected chi connectivity index (χ1v) is 9.47. The quantitative estimate of drug-likeness (QED) is 0.492. The van der Waals surface area contributed by atoms with Crippen LogP contribution >= 0.6 is 0 Å². The predicted molar refractivity (Wildman–Crippen MR) is 114 cm³/mol. The number of carbonyl (C=O) groups is 1.